The first kappa shape index (κ1) is 25.4. The van der Waals surface area contributed by atoms with E-state index in [2.05, 4.69) is 10.3 Å². The minimum absolute atomic E-state index is 0.0252. The first-order valence-electron chi connectivity index (χ1n) is 10.9. The summed E-state index contributed by atoms with van der Waals surface area (Å²) in [5, 5.41) is 5.74. The van der Waals surface area contributed by atoms with Gasteiger partial charge in [-0.05, 0) is 42.7 Å². The van der Waals surface area contributed by atoms with E-state index >= 15 is 0 Å². The molecule has 0 saturated carbocycles. The van der Waals surface area contributed by atoms with Crippen LogP contribution in [0.25, 0.3) is 11.3 Å². The van der Waals surface area contributed by atoms with Gasteiger partial charge in [-0.1, -0.05) is 43.6 Å². The number of amides is 1. The SMILES string of the molecule is CCCC(=O)Oc1ccc(CC(=O)Nc2nc(-c3ccc(Cl)cc3)cs2)cc1OC(=O)CCC. The van der Waals surface area contributed by atoms with Crippen LogP contribution in [-0.4, -0.2) is 22.8 Å². The molecule has 0 atom stereocenters. The van der Waals surface area contributed by atoms with Crippen LogP contribution < -0.4 is 14.8 Å². The number of esters is 2. The normalized spacial score (nSPS) is 10.6. The molecule has 178 valence electrons. The van der Waals surface area contributed by atoms with Gasteiger partial charge in [-0.3, -0.25) is 14.4 Å². The molecule has 1 aromatic heterocycles. The third-order valence-electron chi connectivity index (χ3n) is 4.62. The fourth-order valence-electron chi connectivity index (χ4n) is 3.02. The van der Waals surface area contributed by atoms with E-state index in [1.54, 1.807) is 24.3 Å². The Hall–Kier alpha value is -3.23. The van der Waals surface area contributed by atoms with Crippen molar-refractivity contribution >= 4 is 45.9 Å². The molecule has 2 aromatic carbocycles. The molecule has 0 fully saturated rings. The zero-order chi connectivity index (χ0) is 24.5. The van der Waals surface area contributed by atoms with Gasteiger partial charge < -0.3 is 14.8 Å². The number of carbonyl (C=O) groups is 3. The summed E-state index contributed by atoms with van der Waals surface area (Å²) in [5.74, 6) is -0.860. The standard InChI is InChI=1S/C25H25ClN2O5S/c1-3-5-23(30)32-20-12-7-16(13-21(20)33-24(31)6-4-2)14-22(29)28-25-27-19(15-34-25)17-8-10-18(26)11-9-17/h7-13,15H,3-6,14H2,1-2H3,(H,27,28,29). The minimum atomic E-state index is -0.436. The summed E-state index contributed by atoms with van der Waals surface area (Å²) < 4.78 is 10.7. The second kappa shape index (κ2) is 12.3. The van der Waals surface area contributed by atoms with Crippen LogP contribution in [0.4, 0.5) is 5.13 Å². The number of rotatable bonds is 10. The third-order valence-corrected chi connectivity index (χ3v) is 5.63. The zero-order valence-electron chi connectivity index (χ0n) is 18.9. The van der Waals surface area contributed by atoms with Crippen molar-refractivity contribution in [2.45, 2.75) is 46.0 Å². The van der Waals surface area contributed by atoms with E-state index in [0.29, 0.717) is 28.6 Å². The van der Waals surface area contributed by atoms with Crippen molar-refractivity contribution in [1.82, 2.24) is 4.98 Å². The molecule has 34 heavy (non-hydrogen) atoms. The van der Waals surface area contributed by atoms with Crippen molar-refractivity contribution < 1.29 is 23.9 Å². The number of halogens is 1. The molecule has 0 saturated heterocycles. The second-order valence-corrected chi connectivity index (χ2v) is 8.79. The Balaban J connectivity index is 1.70. The van der Waals surface area contributed by atoms with Crippen LogP contribution in [0.2, 0.25) is 5.02 Å². The van der Waals surface area contributed by atoms with Crippen molar-refractivity contribution in [2.24, 2.45) is 0 Å². The number of thiazole rings is 1. The predicted octanol–water partition coefficient (Wildman–Crippen LogP) is 6.06. The largest absolute Gasteiger partial charge is 0.423 e. The molecule has 1 N–H and O–H groups in total. The quantitative estimate of drug-likeness (QED) is 0.269. The molecule has 0 radical (unpaired) electrons. The lowest BCUT2D eigenvalue weighted by Gasteiger charge is -2.12. The summed E-state index contributed by atoms with van der Waals surface area (Å²) in [6, 6.07) is 12.0. The summed E-state index contributed by atoms with van der Waals surface area (Å²) in [5.41, 5.74) is 2.23. The van der Waals surface area contributed by atoms with Crippen molar-refractivity contribution in [3.63, 3.8) is 0 Å². The first-order chi connectivity index (χ1) is 16.4. The van der Waals surface area contributed by atoms with E-state index in [9.17, 15) is 14.4 Å². The Bertz CT molecular complexity index is 1160. The fraction of sp³-hybridized carbons (Fsp3) is 0.280. The number of ether oxygens (including phenoxy) is 2. The lowest BCUT2D eigenvalue weighted by Crippen LogP contribution is -2.15. The molecule has 7 nitrogen and oxygen atoms in total. The van der Waals surface area contributed by atoms with Gasteiger partial charge in [-0.25, -0.2) is 4.98 Å². The lowest BCUT2D eigenvalue weighted by molar-refractivity contribution is -0.137. The van der Waals surface area contributed by atoms with E-state index in [1.165, 1.54) is 17.4 Å². The van der Waals surface area contributed by atoms with E-state index < -0.39 is 11.9 Å². The molecule has 1 heterocycles. The molecule has 3 rings (SSSR count). The monoisotopic (exact) mass is 500 g/mol. The maximum absolute atomic E-state index is 12.6. The average Bonchev–Trinajstić information content (AvgIpc) is 3.24. The molecule has 1 amide bonds. The highest BCUT2D eigenvalue weighted by Crippen LogP contribution is 2.30. The van der Waals surface area contributed by atoms with Crippen LogP contribution in [-0.2, 0) is 20.8 Å². The fourth-order valence-corrected chi connectivity index (χ4v) is 3.88. The number of hydrogen-bond acceptors (Lipinski definition) is 7. The highest BCUT2D eigenvalue weighted by Gasteiger charge is 2.16. The highest BCUT2D eigenvalue weighted by atomic mass is 35.5. The average molecular weight is 501 g/mol. The van der Waals surface area contributed by atoms with E-state index in [1.807, 2.05) is 31.4 Å². The second-order valence-electron chi connectivity index (χ2n) is 7.50. The third kappa shape index (κ3) is 7.40. The number of nitrogens with zero attached hydrogens (tertiary/aromatic N) is 1. The van der Waals surface area contributed by atoms with Gasteiger partial charge in [0.25, 0.3) is 0 Å². The van der Waals surface area contributed by atoms with Crippen LogP contribution in [0.15, 0.2) is 47.8 Å². The number of benzene rings is 2. The van der Waals surface area contributed by atoms with Gasteiger partial charge >= 0.3 is 11.9 Å². The molecule has 0 aliphatic carbocycles. The molecule has 0 aliphatic rings. The van der Waals surface area contributed by atoms with Gasteiger partial charge in [-0.15, -0.1) is 11.3 Å². The Morgan fingerprint density at radius 2 is 1.59 bits per heavy atom. The van der Waals surface area contributed by atoms with Crippen LogP contribution in [0.1, 0.15) is 45.1 Å². The van der Waals surface area contributed by atoms with Crippen LogP contribution >= 0.6 is 22.9 Å². The molecular formula is C25H25ClN2O5S. The maximum atomic E-state index is 12.6. The molecular weight excluding hydrogens is 476 g/mol. The number of carbonyl (C=O) groups excluding carboxylic acids is 3. The van der Waals surface area contributed by atoms with Crippen molar-refractivity contribution in [3.8, 4) is 22.8 Å². The summed E-state index contributed by atoms with van der Waals surface area (Å²) in [7, 11) is 0. The summed E-state index contributed by atoms with van der Waals surface area (Å²) in [6.07, 6.45) is 1.76. The Morgan fingerprint density at radius 3 is 2.24 bits per heavy atom. The molecule has 0 spiro atoms. The van der Waals surface area contributed by atoms with Crippen molar-refractivity contribution in [1.29, 1.82) is 0 Å². The summed E-state index contributed by atoms with van der Waals surface area (Å²) >= 11 is 7.24. The molecule has 3 aromatic rings. The van der Waals surface area contributed by atoms with Gasteiger partial charge in [0, 0.05) is 28.8 Å². The van der Waals surface area contributed by atoms with Crippen LogP contribution in [0, 0.1) is 0 Å². The van der Waals surface area contributed by atoms with Gasteiger partial charge in [0.05, 0.1) is 12.1 Å². The molecule has 0 unspecified atom stereocenters. The van der Waals surface area contributed by atoms with Gasteiger partial charge in [0.15, 0.2) is 16.6 Å². The van der Waals surface area contributed by atoms with E-state index in [0.717, 1.165) is 11.3 Å². The van der Waals surface area contributed by atoms with Gasteiger partial charge in [0.2, 0.25) is 5.91 Å². The summed E-state index contributed by atoms with van der Waals surface area (Å²) in [6.45, 7) is 3.73. The lowest BCUT2D eigenvalue weighted by atomic mass is 10.1. The molecule has 0 bridgehead atoms. The number of nitrogens with one attached hydrogen (secondary N) is 1. The van der Waals surface area contributed by atoms with E-state index in [4.69, 9.17) is 21.1 Å². The predicted molar refractivity (Wildman–Crippen MR) is 132 cm³/mol. The van der Waals surface area contributed by atoms with Crippen LogP contribution in [0.3, 0.4) is 0 Å². The Kier molecular flexibility index (Phi) is 9.18. The number of hydrogen-bond donors (Lipinski definition) is 1. The van der Waals surface area contributed by atoms with Gasteiger partial charge in [0.1, 0.15) is 0 Å². The first-order valence-corrected chi connectivity index (χ1v) is 12.2. The zero-order valence-corrected chi connectivity index (χ0v) is 20.5. The van der Waals surface area contributed by atoms with Crippen molar-refractivity contribution in [3.05, 3.63) is 58.4 Å². The topological polar surface area (TPSA) is 94.6 Å². The van der Waals surface area contributed by atoms with E-state index in [-0.39, 0.29) is 36.7 Å². The van der Waals surface area contributed by atoms with Gasteiger partial charge in [-0.2, -0.15) is 0 Å². The number of aromatic nitrogens is 1. The Morgan fingerprint density at radius 1 is 0.941 bits per heavy atom. The smallest absolute Gasteiger partial charge is 0.311 e. The maximum Gasteiger partial charge on any atom is 0.311 e. The molecule has 9 heteroatoms. The highest BCUT2D eigenvalue weighted by molar-refractivity contribution is 7.14. The Labute approximate surface area is 207 Å². The minimum Gasteiger partial charge on any atom is -0.423 e. The van der Waals surface area contributed by atoms with Crippen molar-refractivity contribution in [2.75, 3.05) is 5.32 Å². The van der Waals surface area contributed by atoms with Crippen LogP contribution in [0.5, 0.6) is 11.5 Å². The summed E-state index contributed by atoms with van der Waals surface area (Å²) in [4.78, 5) is 41.0. The molecule has 0 aliphatic heterocycles. The number of anilines is 1.